The maximum Gasteiger partial charge on any atom is 0.248 e. The van der Waals surface area contributed by atoms with Crippen LogP contribution in [0.2, 0.25) is 0 Å². The first-order chi connectivity index (χ1) is 14.3. The average molecular weight is 435 g/mol. The Hall–Kier alpha value is -2.43. The van der Waals surface area contributed by atoms with Gasteiger partial charge in [0, 0.05) is 19.6 Å². The van der Waals surface area contributed by atoms with Gasteiger partial charge in [-0.2, -0.15) is 4.31 Å². The predicted octanol–water partition coefficient (Wildman–Crippen LogP) is 1.81. The number of nitrogens with zero attached hydrogens (tertiary/aromatic N) is 3. The molecule has 3 heterocycles. The largest absolute Gasteiger partial charge is 0.490 e. The zero-order valence-electron chi connectivity index (χ0n) is 17.3. The number of hydrogen-bond donors (Lipinski definition) is 1. The number of aromatic nitrogens is 1. The third-order valence-electron chi connectivity index (χ3n) is 5.61. The number of rotatable bonds is 3. The Balaban J connectivity index is 1.57. The van der Waals surface area contributed by atoms with E-state index in [1.165, 1.54) is 10.5 Å². The van der Waals surface area contributed by atoms with Crippen molar-refractivity contribution in [1.82, 2.24) is 14.4 Å². The van der Waals surface area contributed by atoms with Gasteiger partial charge in [0.1, 0.15) is 17.3 Å². The van der Waals surface area contributed by atoms with Gasteiger partial charge in [0.15, 0.2) is 5.76 Å². The lowest BCUT2D eigenvalue weighted by atomic mass is 10.0. The molecule has 30 heavy (non-hydrogen) atoms. The summed E-state index contributed by atoms with van der Waals surface area (Å²) in [5.41, 5.74) is 1.76. The average Bonchev–Trinajstić information content (AvgIpc) is 3.15. The van der Waals surface area contributed by atoms with E-state index in [1.807, 2.05) is 23.1 Å². The highest BCUT2D eigenvalue weighted by Gasteiger charge is 2.37. The molecule has 0 radical (unpaired) electrons. The van der Waals surface area contributed by atoms with E-state index >= 15 is 0 Å². The third-order valence-corrected chi connectivity index (χ3v) is 7.57. The number of piperazine rings is 1. The number of aryl methyl sites for hydroxylation is 1. The molecular weight excluding hydrogens is 408 g/mol. The van der Waals surface area contributed by atoms with E-state index < -0.39 is 10.0 Å². The molecule has 2 aromatic rings. The second kappa shape index (κ2) is 8.01. The summed E-state index contributed by atoms with van der Waals surface area (Å²) in [5, 5.41) is 6.53. The summed E-state index contributed by atoms with van der Waals surface area (Å²) in [7, 11) is -3.72. The van der Waals surface area contributed by atoms with Gasteiger partial charge >= 0.3 is 0 Å². The maximum atomic E-state index is 13.0. The van der Waals surface area contributed by atoms with Crippen LogP contribution in [0.25, 0.3) is 0 Å². The van der Waals surface area contributed by atoms with Crippen molar-refractivity contribution in [1.29, 1.82) is 0 Å². The van der Waals surface area contributed by atoms with Gasteiger partial charge in [-0.1, -0.05) is 25.1 Å². The number of anilines is 1. The molecule has 0 aliphatic carbocycles. The topological polar surface area (TPSA) is 105 Å². The molecule has 1 atom stereocenters. The minimum Gasteiger partial charge on any atom is -0.490 e. The maximum absolute atomic E-state index is 13.0. The predicted molar refractivity (Wildman–Crippen MR) is 110 cm³/mol. The van der Waals surface area contributed by atoms with Crippen molar-refractivity contribution in [2.75, 3.05) is 38.1 Å². The molecule has 2 aliphatic heterocycles. The van der Waals surface area contributed by atoms with Crippen LogP contribution in [0.4, 0.5) is 5.69 Å². The summed E-state index contributed by atoms with van der Waals surface area (Å²) in [6, 6.07) is 5.53. The Bertz CT molecular complexity index is 1050. The molecule has 0 unspecified atom stereocenters. The number of carbonyl (C=O) groups excluding carboxylic acids is 1. The van der Waals surface area contributed by atoms with Crippen LogP contribution in [-0.4, -0.2) is 67.5 Å². The molecule has 0 saturated carbocycles. The highest BCUT2D eigenvalue weighted by atomic mass is 32.2. The number of fused-ring (bicyclic) bond motifs is 2. The van der Waals surface area contributed by atoms with Gasteiger partial charge in [0.2, 0.25) is 15.9 Å². The first kappa shape index (κ1) is 20.8. The molecule has 0 spiro atoms. The van der Waals surface area contributed by atoms with Crippen molar-refractivity contribution in [3.05, 3.63) is 35.7 Å². The van der Waals surface area contributed by atoms with Crippen LogP contribution in [0.5, 0.6) is 5.75 Å². The van der Waals surface area contributed by atoms with Crippen molar-refractivity contribution in [3.8, 4) is 5.75 Å². The molecule has 2 aliphatic rings. The molecule has 10 heteroatoms. The summed E-state index contributed by atoms with van der Waals surface area (Å²) in [4.78, 5) is 14.7. The van der Waals surface area contributed by atoms with Gasteiger partial charge in [0.05, 0.1) is 24.5 Å². The van der Waals surface area contributed by atoms with Crippen molar-refractivity contribution >= 4 is 21.6 Å². The lowest BCUT2D eigenvalue weighted by Gasteiger charge is -2.39. The monoisotopic (exact) mass is 434 g/mol. The highest BCUT2D eigenvalue weighted by molar-refractivity contribution is 7.89. The van der Waals surface area contributed by atoms with E-state index in [1.54, 1.807) is 6.92 Å². The van der Waals surface area contributed by atoms with Crippen LogP contribution in [0.15, 0.2) is 33.8 Å². The fourth-order valence-corrected chi connectivity index (χ4v) is 5.36. The molecule has 0 bridgehead atoms. The molecule has 1 saturated heterocycles. The Labute approximate surface area is 176 Å². The number of sulfonamides is 1. The molecule has 1 N–H and O–H groups in total. The molecule has 9 nitrogen and oxygen atoms in total. The van der Waals surface area contributed by atoms with Crippen LogP contribution in [0.3, 0.4) is 0 Å². The van der Waals surface area contributed by atoms with Crippen LogP contribution < -0.4 is 10.1 Å². The quantitative estimate of drug-likeness (QED) is 0.785. The van der Waals surface area contributed by atoms with Crippen LogP contribution >= 0.6 is 0 Å². The standard InChI is InChI=1S/C20H26N4O5S/c1-13(2)15-4-5-18-17(8-15)22-20(25)11-23-6-7-24(10-16(23)12-28-18)30(26,27)19-9-21-29-14(19)3/h4-5,8-9,13,16H,6-7,10-12H2,1-3H3,(H,22,25)/t16-/m0/s1. The Morgan fingerprint density at radius 2 is 2.07 bits per heavy atom. The van der Waals surface area contributed by atoms with Gasteiger partial charge in [-0.3, -0.25) is 9.69 Å². The van der Waals surface area contributed by atoms with Gasteiger partial charge in [-0.05, 0) is 30.5 Å². The first-order valence-electron chi connectivity index (χ1n) is 9.98. The van der Waals surface area contributed by atoms with Crippen LogP contribution in [0, 0.1) is 6.92 Å². The zero-order chi connectivity index (χ0) is 21.5. The molecule has 1 fully saturated rings. The molecule has 4 rings (SSSR count). The van der Waals surface area contributed by atoms with E-state index in [0.717, 1.165) is 5.56 Å². The van der Waals surface area contributed by atoms with Crippen LogP contribution in [-0.2, 0) is 14.8 Å². The molecule has 1 amide bonds. The van der Waals surface area contributed by atoms with Gasteiger partial charge in [-0.25, -0.2) is 8.42 Å². The number of ether oxygens (including phenoxy) is 1. The Kier molecular flexibility index (Phi) is 5.56. The van der Waals surface area contributed by atoms with E-state index in [2.05, 4.69) is 24.3 Å². The zero-order valence-corrected chi connectivity index (χ0v) is 18.1. The SMILES string of the molecule is Cc1oncc1S(=O)(=O)N1CCN2CC(=O)Nc3cc(C(C)C)ccc3OC[C@@H]2C1. The number of carbonyl (C=O) groups is 1. The number of amides is 1. The summed E-state index contributed by atoms with van der Waals surface area (Å²) in [6.07, 6.45) is 1.23. The lowest BCUT2D eigenvalue weighted by Crippen LogP contribution is -2.57. The lowest BCUT2D eigenvalue weighted by molar-refractivity contribution is -0.118. The smallest absolute Gasteiger partial charge is 0.248 e. The highest BCUT2D eigenvalue weighted by Crippen LogP contribution is 2.31. The van der Waals surface area contributed by atoms with Crippen molar-refractivity contribution in [2.24, 2.45) is 0 Å². The summed E-state index contributed by atoms with van der Waals surface area (Å²) < 4.78 is 38.4. The number of nitrogens with one attached hydrogen (secondary N) is 1. The molecular formula is C20H26N4O5S. The van der Waals surface area contributed by atoms with Gasteiger partial charge in [0.25, 0.3) is 0 Å². The van der Waals surface area contributed by atoms with E-state index in [-0.39, 0.29) is 48.8 Å². The van der Waals surface area contributed by atoms with Gasteiger partial charge < -0.3 is 14.6 Å². The normalized spacial score (nSPS) is 21.1. The Morgan fingerprint density at radius 1 is 1.27 bits per heavy atom. The number of benzene rings is 1. The van der Waals surface area contributed by atoms with Crippen molar-refractivity contribution in [2.45, 2.75) is 37.6 Å². The second-order valence-corrected chi connectivity index (χ2v) is 9.91. The fraction of sp³-hybridized carbons (Fsp3) is 0.500. The summed E-state index contributed by atoms with van der Waals surface area (Å²) in [5.74, 6) is 1.03. The molecule has 1 aromatic carbocycles. The fourth-order valence-electron chi connectivity index (χ4n) is 3.82. The third kappa shape index (κ3) is 3.94. The second-order valence-electron chi connectivity index (χ2n) is 8.00. The van der Waals surface area contributed by atoms with Crippen molar-refractivity contribution < 1.29 is 22.5 Å². The number of hydrogen-bond acceptors (Lipinski definition) is 7. The first-order valence-corrected chi connectivity index (χ1v) is 11.4. The molecule has 162 valence electrons. The minimum absolute atomic E-state index is 0.0734. The molecule has 1 aromatic heterocycles. The van der Waals surface area contributed by atoms with Crippen molar-refractivity contribution in [3.63, 3.8) is 0 Å². The van der Waals surface area contributed by atoms with Crippen LogP contribution in [0.1, 0.15) is 31.1 Å². The van der Waals surface area contributed by atoms with Gasteiger partial charge in [-0.15, -0.1) is 0 Å². The van der Waals surface area contributed by atoms with E-state index in [9.17, 15) is 13.2 Å². The summed E-state index contributed by atoms with van der Waals surface area (Å²) in [6.45, 7) is 7.14. The Morgan fingerprint density at radius 3 is 2.77 bits per heavy atom. The van der Waals surface area contributed by atoms with E-state index in [4.69, 9.17) is 9.26 Å². The van der Waals surface area contributed by atoms with E-state index in [0.29, 0.717) is 23.9 Å². The summed E-state index contributed by atoms with van der Waals surface area (Å²) >= 11 is 0. The minimum atomic E-state index is -3.72.